The molecule has 0 saturated carbocycles. The molecule has 0 spiro atoms. The van der Waals surface area contributed by atoms with Crippen LogP contribution in [0.4, 0.5) is 0 Å². The molecule has 2 fully saturated rings. The number of rotatable bonds is 5. The van der Waals surface area contributed by atoms with E-state index >= 15 is 0 Å². The summed E-state index contributed by atoms with van der Waals surface area (Å²) in [4.78, 5) is 12.6. The zero-order chi connectivity index (χ0) is 19.6. The number of carbonyl (C=O) groups excluding carboxylic acids is 1. The molecule has 1 aromatic carbocycles. The maximum absolute atomic E-state index is 13.3. The first-order valence-corrected chi connectivity index (χ1v) is 10.9. The van der Waals surface area contributed by atoms with Gasteiger partial charge in [-0.2, -0.15) is 4.31 Å². The SMILES string of the molecule is COc1ccc(C(=O)NC2CCNC2)cc1S(=O)(=O)N1CC(C)CC(C)C1. The van der Waals surface area contributed by atoms with E-state index in [1.165, 1.54) is 17.5 Å². The molecule has 2 heterocycles. The summed E-state index contributed by atoms with van der Waals surface area (Å²) >= 11 is 0. The van der Waals surface area contributed by atoms with Crippen molar-refractivity contribution < 1.29 is 17.9 Å². The van der Waals surface area contributed by atoms with E-state index < -0.39 is 10.0 Å². The third-order valence-electron chi connectivity index (χ3n) is 5.27. The summed E-state index contributed by atoms with van der Waals surface area (Å²) in [6, 6.07) is 4.68. The van der Waals surface area contributed by atoms with Crippen LogP contribution in [0.15, 0.2) is 23.1 Å². The van der Waals surface area contributed by atoms with E-state index in [1.54, 1.807) is 12.1 Å². The summed E-state index contributed by atoms with van der Waals surface area (Å²) in [5, 5.41) is 6.15. The highest BCUT2D eigenvalue weighted by molar-refractivity contribution is 7.89. The summed E-state index contributed by atoms with van der Waals surface area (Å²) in [5.74, 6) is 0.606. The number of methoxy groups -OCH3 is 1. The molecule has 8 heteroatoms. The lowest BCUT2D eigenvalue weighted by atomic mass is 9.94. The smallest absolute Gasteiger partial charge is 0.251 e. The van der Waals surface area contributed by atoms with Crippen molar-refractivity contribution in [1.82, 2.24) is 14.9 Å². The van der Waals surface area contributed by atoms with Gasteiger partial charge in [-0.1, -0.05) is 13.8 Å². The van der Waals surface area contributed by atoms with Gasteiger partial charge in [0.1, 0.15) is 10.6 Å². The number of benzene rings is 1. The fourth-order valence-electron chi connectivity index (χ4n) is 4.01. The van der Waals surface area contributed by atoms with Crippen LogP contribution in [0.25, 0.3) is 0 Å². The van der Waals surface area contributed by atoms with E-state index in [0.29, 0.717) is 30.5 Å². The molecular weight excluding hydrogens is 366 g/mol. The summed E-state index contributed by atoms with van der Waals surface area (Å²) in [5.41, 5.74) is 0.333. The van der Waals surface area contributed by atoms with E-state index in [9.17, 15) is 13.2 Å². The molecule has 2 aliphatic heterocycles. The number of piperidine rings is 1. The molecule has 1 amide bonds. The number of carbonyl (C=O) groups is 1. The summed E-state index contributed by atoms with van der Waals surface area (Å²) in [7, 11) is -2.29. The molecule has 2 saturated heterocycles. The molecule has 3 unspecified atom stereocenters. The normalized spacial score (nSPS) is 26.7. The van der Waals surface area contributed by atoms with Crippen LogP contribution in [0.1, 0.15) is 37.0 Å². The first kappa shape index (κ1) is 20.1. The lowest BCUT2D eigenvalue weighted by Gasteiger charge is -2.34. The number of hydrogen-bond donors (Lipinski definition) is 2. The molecule has 0 bridgehead atoms. The van der Waals surface area contributed by atoms with Gasteiger partial charge in [0.25, 0.3) is 5.91 Å². The third-order valence-corrected chi connectivity index (χ3v) is 7.13. The van der Waals surface area contributed by atoms with Crippen molar-refractivity contribution in [3.63, 3.8) is 0 Å². The van der Waals surface area contributed by atoms with Crippen LogP contribution in [0.2, 0.25) is 0 Å². The Morgan fingerprint density at radius 1 is 1.26 bits per heavy atom. The van der Waals surface area contributed by atoms with E-state index in [2.05, 4.69) is 24.5 Å². The lowest BCUT2D eigenvalue weighted by Crippen LogP contribution is -2.42. The van der Waals surface area contributed by atoms with Crippen molar-refractivity contribution in [2.24, 2.45) is 11.8 Å². The van der Waals surface area contributed by atoms with Crippen molar-refractivity contribution in [2.45, 2.75) is 37.6 Å². The maximum atomic E-state index is 13.3. The van der Waals surface area contributed by atoms with E-state index in [1.807, 2.05) is 0 Å². The van der Waals surface area contributed by atoms with Crippen LogP contribution in [0.5, 0.6) is 5.75 Å². The molecule has 3 atom stereocenters. The van der Waals surface area contributed by atoms with Gasteiger partial charge in [-0.3, -0.25) is 4.79 Å². The van der Waals surface area contributed by atoms with Crippen LogP contribution in [0.3, 0.4) is 0 Å². The average Bonchev–Trinajstić information content (AvgIpc) is 3.13. The first-order chi connectivity index (χ1) is 12.8. The Kier molecular flexibility index (Phi) is 6.08. The number of nitrogens with one attached hydrogen (secondary N) is 2. The van der Waals surface area contributed by atoms with Crippen LogP contribution >= 0.6 is 0 Å². The molecule has 2 aliphatic rings. The van der Waals surface area contributed by atoms with Gasteiger partial charge < -0.3 is 15.4 Å². The van der Waals surface area contributed by atoms with Crippen molar-refractivity contribution in [2.75, 3.05) is 33.3 Å². The largest absolute Gasteiger partial charge is 0.495 e. The highest BCUT2D eigenvalue weighted by Crippen LogP contribution is 2.32. The van der Waals surface area contributed by atoms with Crippen LogP contribution in [-0.2, 0) is 10.0 Å². The van der Waals surface area contributed by atoms with Gasteiger partial charge in [-0.25, -0.2) is 8.42 Å². The van der Waals surface area contributed by atoms with Crippen molar-refractivity contribution in [1.29, 1.82) is 0 Å². The maximum Gasteiger partial charge on any atom is 0.251 e. The van der Waals surface area contributed by atoms with Crippen molar-refractivity contribution >= 4 is 15.9 Å². The predicted molar refractivity (Wildman–Crippen MR) is 103 cm³/mol. The molecule has 0 aliphatic carbocycles. The number of ether oxygens (including phenoxy) is 1. The summed E-state index contributed by atoms with van der Waals surface area (Å²) in [6.45, 7) is 6.71. The molecule has 0 aromatic heterocycles. The van der Waals surface area contributed by atoms with E-state index in [4.69, 9.17) is 4.74 Å². The lowest BCUT2D eigenvalue weighted by molar-refractivity contribution is 0.0940. The second-order valence-electron chi connectivity index (χ2n) is 7.80. The molecule has 1 aromatic rings. The minimum absolute atomic E-state index is 0.0588. The number of sulfonamides is 1. The van der Waals surface area contributed by atoms with Gasteiger partial charge in [0, 0.05) is 31.2 Å². The second-order valence-corrected chi connectivity index (χ2v) is 9.70. The molecule has 3 rings (SSSR count). The summed E-state index contributed by atoms with van der Waals surface area (Å²) < 4.78 is 33.4. The fraction of sp³-hybridized carbons (Fsp3) is 0.632. The number of amides is 1. The quantitative estimate of drug-likeness (QED) is 0.788. The molecule has 7 nitrogen and oxygen atoms in total. The molecule has 2 N–H and O–H groups in total. The highest BCUT2D eigenvalue weighted by Gasteiger charge is 2.34. The summed E-state index contributed by atoms with van der Waals surface area (Å²) in [6.07, 6.45) is 1.89. The van der Waals surface area contributed by atoms with Gasteiger partial charge >= 0.3 is 0 Å². The van der Waals surface area contributed by atoms with Gasteiger partial charge in [0.2, 0.25) is 10.0 Å². The average molecular weight is 396 g/mol. The first-order valence-electron chi connectivity index (χ1n) is 9.51. The number of hydrogen-bond acceptors (Lipinski definition) is 5. The number of nitrogens with zero attached hydrogens (tertiary/aromatic N) is 1. The highest BCUT2D eigenvalue weighted by atomic mass is 32.2. The standard InChI is InChI=1S/C19H29N3O4S/c1-13-8-14(2)12-22(11-13)27(24,25)18-9-15(4-5-17(18)26-3)19(23)21-16-6-7-20-10-16/h4-5,9,13-14,16,20H,6-8,10-12H2,1-3H3,(H,21,23). The van der Waals surface area contributed by atoms with E-state index in [0.717, 1.165) is 25.9 Å². The van der Waals surface area contributed by atoms with Gasteiger partial charge in [0.15, 0.2) is 0 Å². The Bertz CT molecular complexity index is 780. The molecule has 0 radical (unpaired) electrons. The molecule has 27 heavy (non-hydrogen) atoms. The van der Waals surface area contributed by atoms with E-state index in [-0.39, 0.29) is 22.6 Å². The third kappa shape index (κ3) is 4.44. The Hall–Kier alpha value is -1.64. The van der Waals surface area contributed by atoms with Gasteiger partial charge in [-0.05, 0) is 49.4 Å². The van der Waals surface area contributed by atoms with Crippen molar-refractivity contribution in [3.8, 4) is 5.75 Å². The zero-order valence-corrected chi connectivity index (χ0v) is 17.0. The minimum Gasteiger partial charge on any atom is -0.495 e. The van der Waals surface area contributed by atoms with Crippen molar-refractivity contribution in [3.05, 3.63) is 23.8 Å². The second kappa shape index (κ2) is 8.16. The zero-order valence-electron chi connectivity index (χ0n) is 16.2. The van der Waals surface area contributed by atoms with Crippen LogP contribution in [0, 0.1) is 11.8 Å². The van der Waals surface area contributed by atoms with Crippen LogP contribution < -0.4 is 15.4 Å². The monoisotopic (exact) mass is 395 g/mol. The Morgan fingerprint density at radius 3 is 2.56 bits per heavy atom. The predicted octanol–water partition coefficient (Wildman–Crippen LogP) is 1.45. The fourth-order valence-corrected chi connectivity index (χ4v) is 5.87. The Morgan fingerprint density at radius 2 is 1.96 bits per heavy atom. The molecule has 150 valence electrons. The van der Waals surface area contributed by atoms with Gasteiger partial charge in [-0.15, -0.1) is 0 Å². The molecular formula is C19H29N3O4S. The Labute approximate surface area is 161 Å². The topological polar surface area (TPSA) is 87.7 Å². The minimum atomic E-state index is -3.74. The van der Waals surface area contributed by atoms with Crippen LogP contribution in [-0.4, -0.2) is 58.0 Å². The Balaban J connectivity index is 1.89. The van der Waals surface area contributed by atoms with Gasteiger partial charge in [0.05, 0.1) is 7.11 Å².